The van der Waals surface area contributed by atoms with Gasteiger partial charge in [0.05, 0.1) is 6.54 Å². The van der Waals surface area contributed by atoms with E-state index < -0.39 is 0 Å². The summed E-state index contributed by atoms with van der Waals surface area (Å²) in [6.45, 7) is 3.31. The van der Waals surface area contributed by atoms with Crippen LogP contribution in [0, 0.1) is 0 Å². The van der Waals surface area contributed by atoms with Crippen LogP contribution in [0.2, 0.25) is 0 Å². The van der Waals surface area contributed by atoms with Gasteiger partial charge in [0.25, 0.3) is 5.82 Å². The maximum absolute atomic E-state index is 2.55. The summed E-state index contributed by atoms with van der Waals surface area (Å²) in [5.74, 6) is 1.43. The molecule has 2 heterocycles. The summed E-state index contributed by atoms with van der Waals surface area (Å²) >= 11 is 0. The molecule has 158 valence electrons. The highest BCUT2D eigenvalue weighted by atomic mass is 79.9. The molecule has 1 aromatic heterocycles. The monoisotopic (exact) mass is 472 g/mol. The van der Waals surface area contributed by atoms with Crippen LogP contribution in [0.15, 0.2) is 85.1 Å². The Morgan fingerprint density at radius 2 is 1.42 bits per heavy atom. The van der Waals surface area contributed by atoms with Crippen molar-refractivity contribution < 1.29 is 21.5 Å². The Kier molecular flexibility index (Phi) is 6.72. The first-order valence-corrected chi connectivity index (χ1v) is 11.2. The van der Waals surface area contributed by atoms with Gasteiger partial charge in [0, 0.05) is 12.0 Å². The van der Waals surface area contributed by atoms with Gasteiger partial charge in [0.2, 0.25) is 0 Å². The molecule has 4 aromatic rings. The van der Waals surface area contributed by atoms with Gasteiger partial charge in [-0.15, -0.1) is 0 Å². The van der Waals surface area contributed by atoms with Gasteiger partial charge >= 0.3 is 0 Å². The highest BCUT2D eigenvalue weighted by Crippen LogP contribution is 2.26. The van der Waals surface area contributed by atoms with Crippen LogP contribution in [0.1, 0.15) is 37.6 Å². The van der Waals surface area contributed by atoms with Gasteiger partial charge in [-0.2, -0.15) is 4.57 Å². The van der Waals surface area contributed by atoms with E-state index >= 15 is 0 Å². The molecule has 3 heteroatoms. The number of hydrogen-bond acceptors (Lipinski definition) is 0. The third-order valence-corrected chi connectivity index (χ3v) is 6.32. The minimum Gasteiger partial charge on any atom is -1.00 e. The van der Waals surface area contributed by atoms with E-state index in [2.05, 4.69) is 101 Å². The van der Waals surface area contributed by atoms with Crippen LogP contribution in [-0.2, 0) is 19.4 Å². The summed E-state index contributed by atoms with van der Waals surface area (Å²) in [5, 5.41) is 0. The van der Waals surface area contributed by atoms with Crippen molar-refractivity contribution in [2.45, 2.75) is 45.6 Å². The average molecular weight is 473 g/mol. The van der Waals surface area contributed by atoms with Crippen LogP contribution >= 0.6 is 0 Å². The Morgan fingerprint density at radius 1 is 0.742 bits per heavy atom. The van der Waals surface area contributed by atoms with Crippen LogP contribution < -0.4 is 21.5 Å². The lowest BCUT2D eigenvalue weighted by Gasteiger charge is -2.05. The lowest BCUT2D eigenvalue weighted by atomic mass is 10.0. The fraction of sp³-hybridized carbons (Fsp3) is 0.250. The van der Waals surface area contributed by atoms with Crippen molar-refractivity contribution in [2.75, 3.05) is 0 Å². The molecule has 31 heavy (non-hydrogen) atoms. The van der Waals surface area contributed by atoms with Crippen molar-refractivity contribution in [3.63, 3.8) is 0 Å². The molecule has 0 aliphatic carbocycles. The lowest BCUT2D eigenvalue weighted by Crippen LogP contribution is -3.00. The number of aromatic nitrogens is 2. The molecule has 5 rings (SSSR count). The van der Waals surface area contributed by atoms with Gasteiger partial charge < -0.3 is 17.0 Å². The van der Waals surface area contributed by atoms with Gasteiger partial charge in [-0.05, 0) is 66.6 Å². The number of benzene rings is 3. The number of nitrogens with zero attached hydrogens (tertiary/aromatic N) is 2. The molecule has 2 nitrogen and oxygen atoms in total. The van der Waals surface area contributed by atoms with Crippen LogP contribution in [-0.4, -0.2) is 4.57 Å². The lowest BCUT2D eigenvalue weighted by molar-refractivity contribution is -0.692. The van der Waals surface area contributed by atoms with Crippen molar-refractivity contribution in [1.82, 2.24) is 4.57 Å². The van der Waals surface area contributed by atoms with Crippen molar-refractivity contribution in [2.24, 2.45) is 0 Å². The van der Waals surface area contributed by atoms with E-state index in [-0.39, 0.29) is 17.0 Å². The molecule has 0 fully saturated rings. The van der Waals surface area contributed by atoms with Crippen LogP contribution in [0.25, 0.3) is 28.1 Å². The smallest absolute Gasteiger partial charge is 0.262 e. The zero-order chi connectivity index (χ0) is 20.3. The summed E-state index contributed by atoms with van der Waals surface area (Å²) in [5.41, 5.74) is 7.81. The van der Waals surface area contributed by atoms with Crippen molar-refractivity contribution >= 4 is 0 Å². The first kappa shape index (κ1) is 21.6. The molecule has 0 atom stereocenters. The van der Waals surface area contributed by atoms with Crippen molar-refractivity contribution in [1.29, 1.82) is 0 Å². The predicted octanol–water partition coefficient (Wildman–Crippen LogP) is 3.39. The molecular formula is C28H29BrN2. The van der Waals surface area contributed by atoms with Gasteiger partial charge in [0.1, 0.15) is 11.9 Å². The minimum atomic E-state index is 0. The average Bonchev–Trinajstić information content (AvgIpc) is 3.00. The molecule has 1 aliphatic rings. The Bertz CT molecular complexity index is 1130. The zero-order valence-corrected chi connectivity index (χ0v) is 19.7. The van der Waals surface area contributed by atoms with E-state index in [4.69, 9.17) is 0 Å². The second-order valence-corrected chi connectivity index (χ2v) is 8.23. The number of fused-ring (bicyclic) bond motifs is 1. The Balaban J connectivity index is 0.00000231. The fourth-order valence-electron chi connectivity index (χ4n) is 4.58. The molecule has 3 aromatic carbocycles. The SMILES string of the molecule is CCc1ccc(-n2cc(-c3ccc(-c4ccccc4)cc3)[n+]3c2CCCCC3)cc1.[Br-]. The zero-order valence-electron chi connectivity index (χ0n) is 18.1. The van der Waals surface area contributed by atoms with E-state index in [1.807, 2.05) is 0 Å². The molecule has 0 amide bonds. The summed E-state index contributed by atoms with van der Waals surface area (Å²) in [6.07, 6.45) is 8.40. The normalized spacial score (nSPS) is 13.2. The van der Waals surface area contributed by atoms with E-state index in [1.54, 1.807) is 0 Å². The number of halogens is 1. The highest BCUT2D eigenvalue weighted by Gasteiger charge is 2.26. The molecule has 1 aliphatic heterocycles. The standard InChI is InChI=1S/C28H29N2.BrH/c1-2-22-12-18-26(19-13-22)30-21-27(29-20-8-4-7-11-28(29)30)25-16-14-24(15-17-25)23-9-5-3-6-10-23;/h3,5-6,9-10,12-19,21H,2,4,7-8,11,20H2,1H3;1H/q+1;/p-1. The second kappa shape index (κ2) is 9.65. The number of hydrogen-bond donors (Lipinski definition) is 0. The molecule has 0 saturated carbocycles. The second-order valence-electron chi connectivity index (χ2n) is 8.23. The van der Waals surface area contributed by atoms with E-state index in [1.165, 1.54) is 58.7 Å². The van der Waals surface area contributed by atoms with Crippen LogP contribution in [0.3, 0.4) is 0 Å². The molecule has 0 N–H and O–H groups in total. The first-order valence-electron chi connectivity index (χ1n) is 11.2. The minimum absolute atomic E-state index is 0. The fourth-order valence-corrected chi connectivity index (χ4v) is 4.58. The van der Waals surface area contributed by atoms with Gasteiger partial charge in [-0.1, -0.05) is 61.5 Å². The maximum Gasteiger partial charge on any atom is 0.262 e. The Morgan fingerprint density at radius 3 is 2.13 bits per heavy atom. The third-order valence-electron chi connectivity index (χ3n) is 6.32. The Labute approximate surface area is 196 Å². The van der Waals surface area contributed by atoms with Gasteiger partial charge in [-0.3, -0.25) is 0 Å². The summed E-state index contributed by atoms with van der Waals surface area (Å²) in [6, 6.07) is 28.7. The molecule has 0 unspecified atom stereocenters. The quantitative estimate of drug-likeness (QED) is 0.402. The van der Waals surface area contributed by atoms with E-state index in [0.29, 0.717) is 0 Å². The summed E-state index contributed by atoms with van der Waals surface area (Å²) < 4.78 is 4.98. The van der Waals surface area contributed by atoms with Crippen molar-refractivity contribution in [3.05, 3.63) is 96.4 Å². The highest BCUT2D eigenvalue weighted by molar-refractivity contribution is 5.68. The molecule has 0 spiro atoms. The molecule has 0 radical (unpaired) electrons. The predicted molar refractivity (Wildman–Crippen MR) is 124 cm³/mol. The van der Waals surface area contributed by atoms with Gasteiger partial charge in [-0.25, -0.2) is 4.57 Å². The summed E-state index contributed by atoms with van der Waals surface area (Å²) in [7, 11) is 0. The molecule has 0 saturated heterocycles. The van der Waals surface area contributed by atoms with Crippen LogP contribution in [0.5, 0.6) is 0 Å². The summed E-state index contributed by atoms with van der Waals surface area (Å²) in [4.78, 5) is 0. The maximum atomic E-state index is 2.55. The van der Waals surface area contributed by atoms with E-state index in [9.17, 15) is 0 Å². The van der Waals surface area contributed by atoms with Crippen molar-refractivity contribution in [3.8, 4) is 28.1 Å². The topological polar surface area (TPSA) is 8.81 Å². The number of rotatable bonds is 4. The van der Waals surface area contributed by atoms with Gasteiger partial charge in [0.15, 0.2) is 5.69 Å². The Hall–Kier alpha value is -2.65. The largest absolute Gasteiger partial charge is 1.00 e. The number of aryl methyl sites for hydroxylation is 1. The third kappa shape index (κ3) is 4.38. The number of imidazole rings is 1. The molecular weight excluding hydrogens is 444 g/mol. The van der Waals surface area contributed by atoms with Crippen LogP contribution in [0.4, 0.5) is 0 Å². The first-order chi connectivity index (χ1) is 14.8. The van der Waals surface area contributed by atoms with E-state index in [0.717, 1.165) is 19.4 Å². The molecule has 0 bridgehead atoms.